The zero-order valence-corrected chi connectivity index (χ0v) is 18.8. The number of carboxylic acids is 1. The van der Waals surface area contributed by atoms with Crippen molar-refractivity contribution in [2.75, 3.05) is 11.5 Å². The Morgan fingerprint density at radius 1 is 1.14 bits per heavy atom. The highest BCUT2D eigenvalue weighted by molar-refractivity contribution is 5.96. The van der Waals surface area contributed by atoms with Gasteiger partial charge >= 0.3 is 5.97 Å². The number of aliphatic hydroxyl groups excluding tert-OH is 1. The fraction of sp³-hybridized carbons (Fsp3) is 0.250. The summed E-state index contributed by atoms with van der Waals surface area (Å²) in [5.41, 5.74) is 13.9. The van der Waals surface area contributed by atoms with E-state index < -0.39 is 17.9 Å². The molecule has 0 bridgehead atoms. The second-order valence-electron chi connectivity index (χ2n) is 7.90. The van der Waals surface area contributed by atoms with Gasteiger partial charge in [0.25, 0.3) is 5.91 Å². The number of carbonyl (C=O) groups is 2. The molecule has 0 aliphatic heterocycles. The van der Waals surface area contributed by atoms with E-state index in [2.05, 4.69) is 37.8 Å². The molecule has 0 saturated heterocycles. The number of hydrogen-bond acceptors (Lipinski definition) is 9. The Balaban J connectivity index is 1.76. The van der Waals surface area contributed by atoms with Crippen molar-refractivity contribution in [1.29, 1.82) is 0 Å². The molecule has 1 aromatic carbocycles. The Kier molecular flexibility index (Phi) is 7.78. The lowest BCUT2D eigenvalue weighted by Gasteiger charge is -2.16. The first-order valence-corrected chi connectivity index (χ1v) is 10.7. The number of terminal acetylenes is 1. The molecule has 1 amide bonds. The molecule has 0 aliphatic rings. The standard InChI is InChI=1S/C24H25N7O4/c1-3-4-16(11-17-12-27-21-19(28-17)20(25)30-24(26)31-21)14-6-8-15(9-7-14)22(33)29-18(23(34)35)10-5-13(2)32/h1,6-9,12,16,18,32H,2,4-5,10-11H2,(H,29,33)(H,34,35)(H4,25,26,27,30,31)/t16-,18+/m1/s1. The van der Waals surface area contributed by atoms with E-state index in [1.165, 1.54) is 0 Å². The van der Waals surface area contributed by atoms with Gasteiger partial charge in [0.15, 0.2) is 17.0 Å². The summed E-state index contributed by atoms with van der Waals surface area (Å²) in [4.78, 5) is 40.7. The summed E-state index contributed by atoms with van der Waals surface area (Å²) in [5, 5.41) is 21.0. The molecular formula is C24H25N7O4. The third kappa shape index (κ3) is 6.42. The van der Waals surface area contributed by atoms with Crippen molar-refractivity contribution in [2.45, 2.75) is 37.6 Å². The lowest BCUT2D eigenvalue weighted by atomic mass is 9.91. The van der Waals surface area contributed by atoms with Gasteiger partial charge in [0.1, 0.15) is 6.04 Å². The Morgan fingerprint density at radius 2 is 1.86 bits per heavy atom. The molecule has 11 heteroatoms. The zero-order chi connectivity index (χ0) is 25.5. The maximum atomic E-state index is 12.5. The molecule has 11 nitrogen and oxygen atoms in total. The maximum Gasteiger partial charge on any atom is 0.326 e. The first kappa shape index (κ1) is 24.9. The number of amides is 1. The molecule has 3 rings (SSSR count). The summed E-state index contributed by atoms with van der Waals surface area (Å²) in [6, 6.07) is 5.56. The van der Waals surface area contributed by atoms with Gasteiger partial charge in [-0.05, 0) is 30.5 Å². The normalized spacial score (nSPS) is 12.4. The molecule has 7 N–H and O–H groups in total. The molecule has 2 atom stereocenters. The van der Waals surface area contributed by atoms with Crippen molar-refractivity contribution in [3.63, 3.8) is 0 Å². The second kappa shape index (κ2) is 10.9. The Hall–Kier alpha value is -4.72. The van der Waals surface area contributed by atoms with E-state index in [1.807, 2.05) is 0 Å². The number of aliphatic hydroxyl groups is 1. The fourth-order valence-corrected chi connectivity index (χ4v) is 3.50. The molecule has 2 heterocycles. The van der Waals surface area contributed by atoms with Crippen LogP contribution in [0.2, 0.25) is 0 Å². The van der Waals surface area contributed by atoms with Crippen LogP contribution < -0.4 is 16.8 Å². The van der Waals surface area contributed by atoms with E-state index in [0.717, 1.165) is 5.56 Å². The van der Waals surface area contributed by atoms with Crippen LogP contribution in [0.1, 0.15) is 46.8 Å². The predicted molar refractivity (Wildman–Crippen MR) is 130 cm³/mol. The average Bonchev–Trinajstić information content (AvgIpc) is 2.81. The molecule has 0 unspecified atom stereocenters. The van der Waals surface area contributed by atoms with Gasteiger partial charge in [0, 0.05) is 24.3 Å². The molecule has 0 aliphatic carbocycles. The first-order chi connectivity index (χ1) is 16.7. The van der Waals surface area contributed by atoms with Crippen LogP contribution in [-0.2, 0) is 11.2 Å². The molecule has 180 valence electrons. The van der Waals surface area contributed by atoms with Crippen molar-refractivity contribution in [3.8, 4) is 12.3 Å². The number of allylic oxidation sites excluding steroid dienone is 1. The van der Waals surface area contributed by atoms with Gasteiger partial charge in [-0.15, -0.1) is 12.3 Å². The van der Waals surface area contributed by atoms with Gasteiger partial charge < -0.3 is 27.0 Å². The van der Waals surface area contributed by atoms with E-state index in [9.17, 15) is 19.8 Å². The monoisotopic (exact) mass is 475 g/mol. The minimum absolute atomic E-state index is 0.0138. The highest BCUT2D eigenvalue weighted by Gasteiger charge is 2.21. The van der Waals surface area contributed by atoms with Crippen LogP contribution in [0, 0.1) is 12.3 Å². The summed E-state index contributed by atoms with van der Waals surface area (Å²) in [7, 11) is 0. The van der Waals surface area contributed by atoms with Crippen LogP contribution >= 0.6 is 0 Å². The zero-order valence-electron chi connectivity index (χ0n) is 18.8. The van der Waals surface area contributed by atoms with Crippen molar-refractivity contribution >= 4 is 34.8 Å². The summed E-state index contributed by atoms with van der Waals surface area (Å²) in [6.45, 7) is 3.33. The summed E-state index contributed by atoms with van der Waals surface area (Å²) in [6.07, 6.45) is 8.10. The topological polar surface area (TPSA) is 190 Å². The largest absolute Gasteiger partial charge is 0.513 e. The van der Waals surface area contributed by atoms with Crippen molar-refractivity contribution in [3.05, 3.63) is 59.6 Å². The third-order valence-corrected chi connectivity index (χ3v) is 5.29. The van der Waals surface area contributed by atoms with Crippen LogP contribution in [0.25, 0.3) is 11.2 Å². The van der Waals surface area contributed by atoms with E-state index >= 15 is 0 Å². The number of anilines is 2. The molecule has 0 spiro atoms. The number of rotatable bonds is 10. The number of aliphatic carboxylic acids is 1. The number of benzene rings is 1. The Morgan fingerprint density at radius 3 is 2.49 bits per heavy atom. The molecule has 2 aromatic heterocycles. The van der Waals surface area contributed by atoms with Crippen LogP contribution in [0.3, 0.4) is 0 Å². The number of aromatic nitrogens is 4. The van der Waals surface area contributed by atoms with Crippen molar-refractivity contribution in [1.82, 2.24) is 25.3 Å². The minimum Gasteiger partial charge on any atom is -0.513 e. The number of nitrogens with zero attached hydrogens (tertiary/aromatic N) is 4. The van der Waals surface area contributed by atoms with E-state index in [0.29, 0.717) is 29.7 Å². The van der Waals surface area contributed by atoms with Gasteiger partial charge in [0.05, 0.1) is 17.6 Å². The molecule has 0 fully saturated rings. The molecular weight excluding hydrogens is 450 g/mol. The van der Waals surface area contributed by atoms with Crippen LogP contribution in [0.5, 0.6) is 0 Å². The summed E-state index contributed by atoms with van der Waals surface area (Å²) in [5.74, 6) is 0.787. The summed E-state index contributed by atoms with van der Waals surface area (Å²) >= 11 is 0. The minimum atomic E-state index is -1.20. The van der Waals surface area contributed by atoms with Gasteiger partial charge in [-0.25, -0.2) is 14.8 Å². The van der Waals surface area contributed by atoms with E-state index in [-0.39, 0.29) is 41.8 Å². The smallest absolute Gasteiger partial charge is 0.326 e. The quantitative estimate of drug-likeness (QED) is 0.214. The maximum absolute atomic E-state index is 12.5. The van der Waals surface area contributed by atoms with E-state index in [1.54, 1.807) is 30.5 Å². The van der Waals surface area contributed by atoms with Crippen LogP contribution in [0.15, 0.2) is 42.8 Å². The van der Waals surface area contributed by atoms with Crippen LogP contribution in [-0.4, -0.2) is 48.1 Å². The van der Waals surface area contributed by atoms with Gasteiger partial charge in [0.2, 0.25) is 5.95 Å². The van der Waals surface area contributed by atoms with Crippen molar-refractivity contribution < 1.29 is 19.8 Å². The lowest BCUT2D eigenvalue weighted by Crippen LogP contribution is -2.40. The number of nitrogens with two attached hydrogens (primary N) is 2. The number of nitrogen functional groups attached to an aromatic ring is 2. The highest BCUT2D eigenvalue weighted by Crippen LogP contribution is 2.25. The number of hydrogen-bond donors (Lipinski definition) is 5. The highest BCUT2D eigenvalue weighted by atomic mass is 16.4. The number of fused-ring (bicyclic) bond motifs is 1. The van der Waals surface area contributed by atoms with E-state index in [4.69, 9.17) is 17.9 Å². The molecule has 35 heavy (non-hydrogen) atoms. The molecule has 0 radical (unpaired) electrons. The number of nitrogens with one attached hydrogen (secondary N) is 1. The van der Waals surface area contributed by atoms with Gasteiger partial charge in [-0.3, -0.25) is 4.79 Å². The van der Waals surface area contributed by atoms with Crippen LogP contribution in [0.4, 0.5) is 11.8 Å². The lowest BCUT2D eigenvalue weighted by molar-refractivity contribution is -0.139. The molecule has 3 aromatic rings. The third-order valence-electron chi connectivity index (χ3n) is 5.29. The molecule has 0 saturated carbocycles. The SMILES string of the molecule is C#CC[C@H](Cc1cnc2nc(N)nc(N)c2n1)c1ccc(C(=O)N[C@@H](CCC(=C)O)C(=O)O)cc1. The van der Waals surface area contributed by atoms with Gasteiger partial charge in [-0.1, -0.05) is 18.7 Å². The van der Waals surface area contributed by atoms with Gasteiger partial charge in [-0.2, -0.15) is 9.97 Å². The van der Waals surface area contributed by atoms with Crippen molar-refractivity contribution in [2.24, 2.45) is 0 Å². The second-order valence-corrected chi connectivity index (χ2v) is 7.90. The predicted octanol–water partition coefficient (Wildman–Crippen LogP) is 1.97. The average molecular weight is 476 g/mol. The first-order valence-electron chi connectivity index (χ1n) is 10.7. The Bertz CT molecular complexity index is 1300. The fourth-order valence-electron chi connectivity index (χ4n) is 3.50. The number of carboxylic acid groups (broad SMARTS) is 1. The number of carbonyl (C=O) groups excluding carboxylic acids is 1. The Labute approximate surface area is 201 Å². The summed E-state index contributed by atoms with van der Waals surface area (Å²) < 4.78 is 0.